The number of rotatable bonds is 3. The number of carbonyl (C=O) groups excluding carboxylic acids is 3. The summed E-state index contributed by atoms with van der Waals surface area (Å²) in [5.41, 5.74) is -1.05. The Morgan fingerprint density at radius 2 is 2.15 bits per heavy atom. The number of nitrogens with one attached hydrogen (secondary N) is 1. The number of nitrogens with zero attached hydrogens (tertiary/aromatic N) is 2. The molecule has 2 aliphatic rings. The lowest BCUT2D eigenvalue weighted by molar-refractivity contribution is -0.158. The maximum Gasteiger partial charge on any atom is 0.331 e. The van der Waals surface area contributed by atoms with Crippen molar-refractivity contribution < 1.29 is 18.8 Å². The van der Waals surface area contributed by atoms with Crippen molar-refractivity contribution in [3.8, 4) is 0 Å². The van der Waals surface area contributed by atoms with Crippen molar-refractivity contribution in [2.24, 2.45) is 5.41 Å². The molecule has 0 atom stereocenters. The van der Waals surface area contributed by atoms with Gasteiger partial charge in [-0.3, -0.25) is 19.8 Å². The van der Waals surface area contributed by atoms with Crippen molar-refractivity contribution in [2.45, 2.75) is 39.2 Å². The Balaban J connectivity index is 1.82. The topological polar surface area (TPSA) is 92.5 Å². The molecule has 106 valence electrons. The largest absolute Gasteiger partial charge is 0.444 e. The molecule has 3 rings (SSSR count). The number of amides is 4. The molecule has 0 bridgehead atoms. The Labute approximate surface area is 115 Å². The fourth-order valence-corrected chi connectivity index (χ4v) is 2.57. The van der Waals surface area contributed by atoms with E-state index >= 15 is 0 Å². The number of carbonyl (C=O) groups is 3. The number of urea groups is 1. The van der Waals surface area contributed by atoms with Gasteiger partial charge in [0.15, 0.2) is 0 Å². The van der Waals surface area contributed by atoms with Gasteiger partial charge in [-0.05, 0) is 12.8 Å². The number of aromatic nitrogens is 1. The minimum atomic E-state index is -1.05. The van der Waals surface area contributed by atoms with Gasteiger partial charge in [0.1, 0.15) is 17.7 Å². The molecule has 1 aliphatic carbocycles. The predicted octanol–water partition coefficient (Wildman–Crippen LogP) is 0.986. The highest BCUT2D eigenvalue weighted by atomic mass is 16.4. The minimum absolute atomic E-state index is 0.0420. The smallest absolute Gasteiger partial charge is 0.331 e. The number of hydrogen-bond acceptors (Lipinski definition) is 5. The van der Waals surface area contributed by atoms with Crippen molar-refractivity contribution in [2.75, 3.05) is 0 Å². The molecule has 2 fully saturated rings. The summed E-state index contributed by atoms with van der Waals surface area (Å²) in [4.78, 5) is 41.1. The monoisotopic (exact) mass is 277 g/mol. The highest BCUT2D eigenvalue weighted by Gasteiger charge is 2.57. The zero-order valence-corrected chi connectivity index (χ0v) is 11.1. The number of oxazole rings is 1. The molecule has 0 radical (unpaired) electrons. The molecule has 4 amide bonds. The average molecular weight is 277 g/mol. The van der Waals surface area contributed by atoms with E-state index in [2.05, 4.69) is 10.3 Å². The van der Waals surface area contributed by atoms with Gasteiger partial charge in [0.2, 0.25) is 17.7 Å². The van der Waals surface area contributed by atoms with Crippen LogP contribution in [-0.4, -0.2) is 27.7 Å². The second-order valence-corrected chi connectivity index (χ2v) is 5.16. The minimum Gasteiger partial charge on any atom is -0.444 e. The summed E-state index contributed by atoms with van der Waals surface area (Å²) in [6, 6.07) is -0.700. The third-order valence-corrected chi connectivity index (χ3v) is 4.01. The van der Waals surface area contributed by atoms with Gasteiger partial charge < -0.3 is 4.42 Å². The molecule has 1 aliphatic heterocycles. The maximum absolute atomic E-state index is 12.4. The highest BCUT2D eigenvalue weighted by molar-refractivity contribution is 6.19. The second-order valence-electron chi connectivity index (χ2n) is 5.16. The van der Waals surface area contributed by atoms with Crippen LogP contribution in [0.3, 0.4) is 0 Å². The van der Waals surface area contributed by atoms with Crippen LogP contribution in [-0.2, 0) is 22.6 Å². The molecule has 0 unspecified atom stereocenters. The lowest BCUT2D eigenvalue weighted by Crippen LogP contribution is -2.65. The molecule has 7 nitrogen and oxygen atoms in total. The maximum atomic E-state index is 12.4. The first-order valence-electron chi connectivity index (χ1n) is 6.68. The normalized spacial score (nSPS) is 21.1. The molecule has 0 aromatic carbocycles. The van der Waals surface area contributed by atoms with Crippen LogP contribution in [0.2, 0.25) is 0 Å². The van der Waals surface area contributed by atoms with Gasteiger partial charge >= 0.3 is 6.03 Å². The molecule has 7 heteroatoms. The van der Waals surface area contributed by atoms with Crippen LogP contribution in [0.5, 0.6) is 0 Å². The van der Waals surface area contributed by atoms with Gasteiger partial charge in [-0.1, -0.05) is 13.3 Å². The summed E-state index contributed by atoms with van der Waals surface area (Å²) in [7, 11) is 0. The van der Waals surface area contributed by atoms with Gasteiger partial charge in [0.05, 0.1) is 6.20 Å². The molecule has 1 saturated carbocycles. The standard InChI is InChI=1S/C13H15N3O4/c1-2-8-6-14-9(20-8)7-16-11(18)13(4-3-5-13)10(17)15-12(16)19/h6H,2-5,7H2,1H3,(H,15,17,19). The van der Waals surface area contributed by atoms with Gasteiger partial charge in [0.25, 0.3) is 0 Å². The van der Waals surface area contributed by atoms with Crippen molar-refractivity contribution in [1.82, 2.24) is 15.2 Å². The van der Waals surface area contributed by atoms with Gasteiger partial charge in [-0.15, -0.1) is 0 Å². The van der Waals surface area contributed by atoms with Gasteiger partial charge in [0, 0.05) is 6.42 Å². The summed E-state index contributed by atoms with van der Waals surface area (Å²) >= 11 is 0. The van der Waals surface area contributed by atoms with Crippen LogP contribution in [0.25, 0.3) is 0 Å². The molecular weight excluding hydrogens is 262 g/mol. The van der Waals surface area contributed by atoms with E-state index in [9.17, 15) is 14.4 Å². The van der Waals surface area contributed by atoms with E-state index in [1.165, 1.54) is 0 Å². The van der Waals surface area contributed by atoms with E-state index in [4.69, 9.17) is 4.42 Å². The van der Waals surface area contributed by atoms with Crippen LogP contribution in [0.15, 0.2) is 10.6 Å². The average Bonchev–Trinajstić information content (AvgIpc) is 2.80. The van der Waals surface area contributed by atoms with E-state index in [0.29, 0.717) is 30.9 Å². The van der Waals surface area contributed by atoms with Crippen molar-refractivity contribution in [3.63, 3.8) is 0 Å². The fraction of sp³-hybridized carbons (Fsp3) is 0.538. The van der Waals surface area contributed by atoms with Crippen molar-refractivity contribution in [1.29, 1.82) is 0 Å². The van der Waals surface area contributed by atoms with Crippen LogP contribution < -0.4 is 5.32 Å². The number of aryl methyl sites for hydroxylation is 1. The Morgan fingerprint density at radius 1 is 1.40 bits per heavy atom. The van der Waals surface area contributed by atoms with E-state index in [0.717, 1.165) is 11.3 Å². The fourth-order valence-electron chi connectivity index (χ4n) is 2.57. The molecule has 1 N–H and O–H groups in total. The van der Waals surface area contributed by atoms with Crippen LogP contribution in [0.4, 0.5) is 4.79 Å². The molecule has 20 heavy (non-hydrogen) atoms. The summed E-state index contributed by atoms with van der Waals surface area (Å²) in [6.07, 6.45) is 4.07. The Hall–Kier alpha value is -2.18. The summed E-state index contributed by atoms with van der Waals surface area (Å²) in [5, 5.41) is 2.25. The van der Waals surface area contributed by atoms with Crippen LogP contribution >= 0.6 is 0 Å². The molecule has 1 spiro atoms. The molecule has 1 aromatic rings. The first-order valence-corrected chi connectivity index (χ1v) is 6.68. The Bertz CT molecular complexity index is 588. The molecule has 2 heterocycles. The van der Waals surface area contributed by atoms with Crippen molar-refractivity contribution >= 4 is 17.8 Å². The third-order valence-electron chi connectivity index (χ3n) is 4.01. The van der Waals surface area contributed by atoms with E-state index in [-0.39, 0.29) is 6.54 Å². The Kier molecular flexibility index (Phi) is 2.84. The second kappa shape index (κ2) is 4.43. The highest BCUT2D eigenvalue weighted by Crippen LogP contribution is 2.44. The summed E-state index contributed by atoms with van der Waals surface area (Å²) in [6.45, 7) is 1.88. The van der Waals surface area contributed by atoms with Crippen LogP contribution in [0.1, 0.15) is 37.8 Å². The first-order chi connectivity index (χ1) is 9.56. The van der Waals surface area contributed by atoms with E-state index in [1.807, 2.05) is 6.92 Å². The van der Waals surface area contributed by atoms with E-state index in [1.54, 1.807) is 6.20 Å². The van der Waals surface area contributed by atoms with Gasteiger partial charge in [-0.2, -0.15) is 0 Å². The van der Waals surface area contributed by atoms with E-state index < -0.39 is 23.3 Å². The Morgan fingerprint density at radius 3 is 2.70 bits per heavy atom. The van der Waals surface area contributed by atoms with Crippen molar-refractivity contribution in [3.05, 3.63) is 17.8 Å². The zero-order valence-electron chi connectivity index (χ0n) is 11.1. The predicted molar refractivity (Wildman–Crippen MR) is 66.3 cm³/mol. The zero-order chi connectivity index (χ0) is 14.3. The first kappa shape index (κ1) is 12.8. The SMILES string of the molecule is CCc1cnc(CN2C(=O)NC(=O)C3(CCC3)C2=O)o1. The quantitative estimate of drug-likeness (QED) is 0.831. The number of imide groups is 2. The lowest BCUT2D eigenvalue weighted by atomic mass is 9.66. The third kappa shape index (κ3) is 1.73. The molecule has 1 aromatic heterocycles. The number of hydrogen-bond donors (Lipinski definition) is 1. The molecule has 1 saturated heterocycles. The molecular formula is C13H15N3O4. The summed E-state index contributed by atoms with van der Waals surface area (Å²) in [5.74, 6) is 0.0823. The number of barbiturate groups is 1. The summed E-state index contributed by atoms with van der Waals surface area (Å²) < 4.78 is 5.41. The lowest BCUT2D eigenvalue weighted by Gasteiger charge is -2.44. The van der Waals surface area contributed by atoms with Gasteiger partial charge in [-0.25, -0.2) is 9.78 Å². The van der Waals surface area contributed by atoms with Crippen LogP contribution in [0, 0.1) is 5.41 Å².